The zero-order valence-electron chi connectivity index (χ0n) is 12.1. The molecule has 1 aromatic heterocycles. The first kappa shape index (κ1) is 15.0. The Balaban J connectivity index is 2.21. The van der Waals surface area contributed by atoms with Gasteiger partial charge >= 0.3 is 6.01 Å². The maximum Gasteiger partial charge on any atom is 0.323 e. The van der Waals surface area contributed by atoms with Gasteiger partial charge in [0, 0.05) is 41.9 Å². The molecule has 1 N–H and O–H groups in total. The highest BCUT2D eigenvalue weighted by Crippen LogP contribution is 2.17. The van der Waals surface area contributed by atoms with Crippen LogP contribution in [0.4, 0.5) is 11.9 Å². The molecule has 0 saturated carbocycles. The summed E-state index contributed by atoms with van der Waals surface area (Å²) in [6.07, 6.45) is 0.00795. The second kappa shape index (κ2) is 6.83. The quantitative estimate of drug-likeness (QED) is 0.855. The molecule has 2 heterocycles. The lowest BCUT2D eigenvalue weighted by atomic mass is 10.5. The monoisotopic (exact) mass is 299 g/mol. The van der Waals surface area contributed by atoms with Crippen LogP contribution in [0.15, 0.2) is 0 Å². The highest BCUT2D eigenvalue weighted by atomic mass is 32.2. The van der Waals surface area contributed by atoms with Crippen LogP contribution in [-0.4, -0.2) is 56.4 Å². The third-order valence-electron chi connectivity index (χ3n) is 2.74. The van der Waals surface area contributed by atoms with Crippen LogP contribution in [-0.2, 0) is 10.8 Å². The third kappa shape index (κ3) is 4.03. The Morgan fingerprint density at radius 3 is 2.60 bits per heavy atom. The Hall–Kier alpha value is -1.44. The zero-order valence-corrected chi connectivity index (χ0v) is 12.9. The van der Waals surface area contributed by atoms with Gasteiger partial charge in [0.25, 0.3) is 0 Å². The molecule has 0 aromatic carbocycles. The molecule has 2 rings (SSSR count). The van der Waals surface area contributed by atoms with Gasteiger partial charge in [0.15, 0.2) is 0 Å². The van der Waals surface area contributed by atoms with E-state index in [0.29, 0.717) is 42.5 Å². The van der Waals surface area contributed by atoms with E-state index in [-0.39, 0.29) is 6.10 Å². The van der Waals surface area contributed by atoms with E-state index >= 15 is 0 Å². The van der Waals surface area contributed by atoms with Crippen LogP contribution in [0.1, 0.15) is 20.8 Å². The van der Waals surface area contributed by atoms with Gasteiger partial charge in [-0.2, -0.15) is 15.0 Å². The van der Waals surface area contributed by atoms with E-state index in [1.165, 1.54) is 0 Å². The molecule has 0 aliphatic carbocycles. The molecule has 1 aliphatic heterocycles. The van der Waals surface area contributed by atoms with E-state index in [0.717, 1.165) is 6.54 Å². The predicted molar refractivity (Wildman–Crippen MR) is 79.8 cm³/mol. The first-order valence-corrected chi connectivity index (χ1v) is 8.33. The van der Waals surface area contributed by atoms with Crippen molar-refractivity contribution in [3.63, 3.8) is 0 Å². The standard InChI is InChI=1S/C12H21N5O2S/c1-4-13-10-14-11(16-12(15-10)19-9(2)3)17-5-7-20(18)8-6-17/h9H,4-8H2,1-3H3,(H,13,14,15,16). The Labute approximate surface area is 121 Å². The second-order valence-corrected chi connectivity index (χ2v) is 6.47. The van der Waals surface area contributed by atoms with E-state index in [2.05, 4.69) is 20.3 Å². The van der Waals surface area contributed by atoms with Crippen LogP contribution in [0.3, 0.4) is 0 Å². The lowest BCUT2D eigenvalue weighted by Gasteiger charge is -2.26. The van der Waals surface area contributed by atoms with Crippen LogP contribution in [0.2, 0.25) is 0 Å². The maximum absolute atomic E-state index is 11.4. The molecule has 0 bridgehead atoms. The fraction of sp³-hybridized carbons (Fsp3) is 0.750. The van der Waals surface area contributed by atoms with Gasteiger partial charge in [0.05, 0.1) is 6.10 Å². The van der Waals surface area contributed by atoms with Gasteiger partial charge in [-0.25, -0.2) is 0 Å². The molecule has 20 heavy (non-hydrogen) atoms. The van der Waals surface area contributed by atoms with Gasteiger partial charge in [0.2, 0.25) is 11.9 Å². The van der Waals surface area contributed by atoms with Gasteiger partial charge < -0.3 is 15.0 Å². The van der Waals surface area contributed by atoms with Gasteiger partial charge in [-0.3, -0.25) is 4.21 Å². The molecule has 0 atom stereocenters. The molecule has 0 spiro atoms. The van der Waals surface area contributed by atoms with Gasteiger partial charge in [-0.05, 0) is 20.8 Å². The highest BCUT2D eigenvalue weighted by Gasteiger charge is 2.20. The molecule has 112 valence electrons. The number of hydrogen-bond donors (Lipinski definition) is 1. The van der Waals surface area contributed by atoms with Crippen LogP contribution >= 0.6 is 0 Å². The largest absolute Gasteiger partial charge is 0.461 e. The van der Waals surface area contributed by atoms with E-state index < -0.39 is 10.8 Å². The number of ether oxygens (including phenoxy) is 1. The Morgan fingerprint density at radius 2 is 2.00 bits per heavy atom. The topological polar surface area (TPSA) is 80.2 Å². The lowest BCUT2D eigenvalue weighted by Crippen LogP contribution is -2.39. The average Bonchev–Trinajstić information content (AvgIpc) is 2.38. The average molecular weight is 299 g/mol. The fourth-order valence-corrected chi connectivity index (χ4v) is 2.88. The predicted octanol–water partition coefficient (Wildman–Crippen LogP) is 0.659. The number of aromatic nitrogens is 3. The Morgan fingerprint density at radius 1 is 1.30 bits per heavy atom. The fourth-order valence-electron chi connectivity index (χ4n) is 1.83. The molecule has 8 heteroatoms. The Bertz CT molecular complexity index is 473. The maximum atomic E-state index is 11.4. The first-order chi connectivity index (χ1) is 9.58. The van der Waals surface area contributed by atoms with E-state index in [9.17, 15) is 4.21 Å². The zero-order chi connectivity index (χ0) is 14.5. The van der Waals surface area contributed by atoms with Crippen molar-refractivity contribution in [2.75, 3.05) is 41.4 Å². The van der Waals surface area contributed by atoms with Crippen molar-refractivity contribution in [1.29, 1.82) is 0 Å². The van der Waals surface area contributed by atoms with Crippen molar-refractivity contribution >= 4 is 22.7 Å². The van der Waals surface area contributed by atoms with Gasteiger partial charge in [-0.15, -0.1) is 0 Å². The summed E-state index contributed by atoms with van der Waals surface area (Å²) >= 11 is 0. The molecule has 0 radical (unpaired) electrons. The van der Waals surface area contributed by atoms with Crippen molar-refractivity contribution in [1.82, 2.24) is 15.0 Å². The molecule has 1 fully saturated rings. The van der Waals surface area contributed by atoms with Gasteiger partial charge in [0.1, 0.15) is 0 Å². The lowest BCUT2D eigenvalue weighted by molar-refractivity contribution is 0.222. The summed E-state index contributed by atoms with van der Waals surface area (Å²) in [5.74, 6) is 2.41. The smallest absolute Gasteiger partial charge is 0.323 e. The number of anilines is 2. The summed E-state index contributed by atoms with van der Waals surface area (Å²) in [7, 11) is -0.718. The number of hydrogen-bond acceptors (Lipinski definition) is 7. The molecular formula is C12H21N5O2S. The van der Waals surface area contributed by atoms with Crippen LogP contribution < -0.4 is 15.0 Å². The third-order valence-corrected chi connectivity index (χ3v) is 4.02. The molecule has 7 nitrogen and oxygen atoms in total. The number of nitrogens with zero attached hydrogens (tertiary/aromatic N) is 4. The minimum absolute atomic E-state index is 0.00795. The summed E-state index contributed by atoms with van der Waals surface area (Å²) in [6.45, 7) is 7.97. The second-order valence-electron chi connectivity index (χ2n) is 4.77. The van der Waals surface area contributed by atoms with Crippen molar-refractivity contribution in [2.45, 2.75) is 26.9 Å². The normalized spacial score (nSPS) is 16.5. The van der Waals surface area contributed by atoms with Crippen LogP contribution in [0.5, 0.6) is 6.01 Å². The summed E-state index contributed by atoms with van der Waals surface area (Å²) < 4.78 is 17.0. The summed E-state index contributed by atoms with van der Waals surface area (Å²) in [5, 5.41) is 3.08. The first-order valence-electron chi connectivity index (χ1n) is 6.85. The molecule has 1 aliphatic rings. The van der Waals surface area contributed by atoms with E-state index in [1.807, 2.05) is 25.7 Å². The minimum Gasteiger partial charge on any atom is -0.461 e. The Kier molecular flexibility index (Phi) is 5.11. The van der Waals surface area contributed by atoms with Gasteiger partial charge in [-0.1, -0.05) is 0 Å². The molecule has 0 amide bonds. The SMILES string of the molecule is CCNc1nc(OC(C)C)nc(N2CCS(=O)CC2)n1. The summed E-state index contributed by atoms with van der Waals surface area (Å²) in [5.41, 5.74) is 0. The minimum atomic E-state index is -0.718. The number of rotatable bonds is 5. The van der Waals surface area contributed by atoms with Crippen LogP contribution in [0.25, 0.3) is 0 Å². The van der Waals surface area contributed by atoms with E-state index in [4.69, 9.17) is 4.74 Å². The van der Waals surface area contributed by atoms with Crippen molar-refractivity contribution in [2.24, 2.45) is 0 Å². The highest BCUT2D eigenvalue weighted by molar-refractivity contribution is 7.85. The molecule has 1 aromatic rings. The summed E-state index contributed by atoms with van der Waals surface area (Å²) in [4.78, 5) is 15.0. The van der Waals surface area contributed by atoms with E-state index in [1.54, 1.807) is 0 Å². The molecule has 0 unspecified atom stereocenters. The van der Waals surface area contributed by atoms with Crippen molar-refractivity contribution in [3.05, 3.63) is 0 Å². The number of nitrogens with one attached hydrogen (secondary N) is 1. The molecular weight excluding hydrogens is 278 g/mol. The van der Waals surface area contributed by atoms with Crippen LogP contribution in [0, 0.1) is 0 Å². The van der Waals surface area contributed by atoms with Crippen molar-refractivity contribution in [3.8, 4) is 6.01 Å². The summed E-state index contributed by atoms with van der Waals surface area (Å²) in [6, 6.07) is 0.327. The molecule has 1 saturated heterocycles. The van der Waals surface area contributed by atoms with Crippen molar-refractivity contribution < 1.29 is 8.95 Å².